The maximum atomic E-state index is 11.9. The normalized spacial score (nSPS) is 14.5. The van der Waals surface area contributed by atoms with Crippen LogP contribution in [0.4, 0.5) is 0 Å². The van der Waals surface area contributed by atoms with E-state index in [4.69, 9.17) is 9.84 Å². The molecule has 2 unspecified atom stereocenters. The van der Waals surface area contributed by atoms with Gasteiger partial charge in [-0.15, -0.1) is 0 Å². The van der Waals surface area contributed by atoms with Crippen LogP contribution in [0.25, 0.3) is 0 Å². The molecular weight excluding hydrogens is 332 g/mol. The molecule has 144 valence electrons. The Morgan fingerprint density at radius 3 is 2.25 bits per heavy atom. The van der Waals surface area contributed by atoms with Gasteiger partial charge in [-0.25, -0.2) is 8.42 Å². The van der Waals surface area contributed by atoms with Crippen molar-refractivity contribution in [2.24, 2.45) is 0 Å². The summed E-state index contributed by atoms with van der Waals surface area (Å²) in [7, 11) is -3.10. The van der Waals surface area contributed by atoms with Crippen molar-refractivity contribution in [2.45, 2.75) is 82.5 Å². The molecule has 0 spiro atoms. The van der Waals surface area contributed by atoms with Crippen molar-refractivity contribution in [2.75, 3.05) is 19.5 Å². The van der Waals surface area contributed by atoms with Crippen LogP contribution in [0.2, 0.25) is 0 Å². The molecule has 24 heavy (non-hydrogen) atoms. The molecule has 2 N–H and O–H groups in total. The standard InChI is InChI=1S/C17H34O6S/c1-3-13-23-14-15(18)9-8-11-16(24(2,21)22)10-6-4-5-7-12-17(19)20/h15-16,18H,3-14H2,1-2H3,(H,19,20). The van der Waals surface area contributed by atoms with Crippen LogP contribution in [-0.4, -0.2) is 55.4 Å². The molecule has 2 atom stereocenters. The summed E-state index contributed by atoms with van der Waals surface area (Å²) in [5.41, 5.74) is 0. The Balaban J connectivity index is 3.96. The fraction of sp³-hybridized carbons (Fsp3) is 0.941. The van der Waals surface area contributed by atoms with Crippen molar-refractivity contribution in [3.8, 4) is 0 Å². The summed E-state index contributed by atoms with van der Waals surface area (Å²) >= 11 is 0. The van der Waals surface area contributed by atoms with E-state index in [0.29, 0.717) is 45.3 Å². The number of unbranched alkanes of at least 4 members (excludes halogenated alkanes) is 3. The zero-order chi connectivity index (χ0) is 18.4. The van der Waals surface area contributed by atoms with E-state index in [2.05, 4.69) is 0 Å². The van der Waals surface area contributed by atoms with Crippen molar-refractivity contribution in [3.63, 3.8) is 0 Å². The number of ether oxygens (including phenoxy) is 1. The predicted molar refractivity (Wildman–Crippen MR) is 94.9 cm³/mol. The lowest BCUT2D eigenvalue weighted by atomic mass is 10.0. The highest BCUT2D eigenvalue weighted by molar-refractivity contribution is 7.91. The maximum Gasteiger partial charge on any atom is 0.303 e. The molecule has 0 heterocycles. The quantitative estimate of drug-likeness (QED) is 0.407. The minimum absolute atomic E-state index is 0.174. The third kappa shape index (κ3) is 13.7. The molecule has 0 aliphatic heterocycles. The lowest BCUT2D eigenvalue weighted by Crippen LogP contribution is -2.21. The second-order valence-corrected chi connectivity index (χ2v) is 8.78. The van der Waals surface area contributed by atoms with Gasteiger partial charge in [0.1, 0.15) is 9.84 Å². The topological polar surface area (TPSA) is 101 Å². The number of aliphatic hydroxyl groups is 1. The minimum Gasteiger partial charge on any atom is -0.481 e. The molecule has 0 aliphatic rings. The summed E-state index contributed by atoms with van der Waals surface area (Å²) in [6.07, 6.45) is 7.29. The highest BCUT2D eigenvalue weighted by Crippen LogP contribution is 2.18. The van der Waals surface area contributed by atoms with E-state index in [0.717, 1.165) is 25.7 Å². The van der Waals surface area contributed by atoms with Gasteiger partial charge in [0.05, 0.1) is 18.0 Å². The first-order chi connectivity index (χ1) is 11.3. The second kappa shape index (κ2) is 13.6. The fourth-order valence-corrected chi connectivity index (χ4v) is 3.79. The van der Waals surface area contributed by atoms with Crippen LogP contribution in [0.5, 0.6) is 0 Å². The van der Waals surface area contributed by atoms with Crippen LogP contribution in [0.1, 0.15) is 71.1 Å². The van der Waals surface area contributed by atoms with Crippen molar-refractivity contribution in [3.05, 3.63) is 0 Å². The molecule has 0 rings (SSSR count). The molecular formula is C17H34O6S. The van der Waals surface area contributed by atoms with Gasteiger partial charge in [-0.2, -0.15) is 0 Å². The Kier molecular flexibility index (Phi) is 13.2. The predicted octanol–water partition coefficient (Wildman–Crippen LogP) is 2.78. The van der Waals surface area contributed by atoms with Gasteiger partial charge in [0.15, 0.2) is 0 Å². The summed E-state index contributed by atoms with van der Waals surface area (Å²) in [6, 6.07) is 0. The maximum absolute atomic E-state index is 11.9. The first kappa shape index (κ1) is 23.3. The number of rotatable bonds is 16. The number of carbonyl (C=O) groups is 1. The summed E-state index contributed by atoms with van der Waals surface area (Å²) in [6.45, 7) is 2.94. The monoisotopic (exact) mass is 366 g/mol. The Bertz CT molecular complexity index is 421. The van der Waals surface area contributed by atoms with Crippen LogP contribution >= 0.6 is 0 Å². The zero-order valence-corrected chi connectivity index (χ0v) is 15.9. The number of aliphatic hydroxyl groups excluding tert-OH is 1. The second-order valence-electron chi connectivity index (χ2n) is 6.46. The average molecular weight is 367 g/mol. The number of aliphatic carboxylic acids is 1. The van der Waals surface area contributed by atoms with Gasteiger partial charge in [-0.05, 0) is 38.5 Å². The van der Waals surface area contributed by atoms with Crippen LogP contribution in [0.3, 0.4) is 0 Å². The van der Waals surface area contributed by atoms with E-state index in [1.807, 2.05) is 6.92 Å². The van der Waals surface area contributed by atoms with Crippen molar-refractivity contribution < 1.29 is 28.2 Å². The molecule has 0 radical (unpaired) electrons. The molecule has 0 saturated heterocycles. The van der Waals surface area contributed by atoms with Gasteiger partial charge in [0.25, 0.3) is 0 Å². The average Bonchev–Trinajstić information content (AvgIpc) is 2.47. The Morgan fingerprint density at radius 2 is 1.67 bits per heavy atom. The summed E-state index contributed by atoms with van der Waals surface area (Å²) in [4.78, 5) is 10.4. The summed E-state index contributed by atoms with van der Waals surface area (Å²) in [5.74, 6) is -0.787. The molecule has 0 aromatic rings. The van der Waals surface area contributed by atoms with Crippen LogP contribution in [0, 0.1) is 0 Å². The molecule has 0 aromatic carbocycles. The van der Waals surface area contributed by atoms with Crippen LogP contribution in [0.15, 0.2) is 0 Å². The number of carboxylic acid groups (broad SMARTS) is 1. The summed E-state index contributed by atoms with van der Waals surface area (Å²) in [5, 5.41) is 18.0. The first-order valence-corrected chi connectivity index (χ1v) is 10.9. The molecule has 6 nitrogen and oxygen atoms in total. The van der Waals surface area contributed by atoms with Crippen molar-refractivity contribution >= 4 is 15.8 Å². The van der Waals surface area contributed by atoms with Gasteiger partial charge in [-0.3, -0.25) is 4.79 Å². The first-order valence-electron chi connectivity index (χ1n) is 8.93. The highest BCUT2D eigenvalue weighted by atomic mass is 32.2. The zero-order valence-electron chi connectivity index (χ0n) is 15.1. The largest absolute Gasteiger partial charge is 0.481 e. The molecule has 0 bridgehead atoms. The number of hydrogen-bond acceptors (Lipinski definition) is 5. The van der Waals surface area contributed by atoms with E-state index in [1.165, 1.54) is 6.26 Å². The van der Waals surface area contributed by atoms with Gasteiger partial charge in [0, 0.05) is 19.3 Å². The smallest absolute Gasteiger partial charge is 0.303 e. The van der Waals surface area contributed by atoms with E-state index >= 15 is 0 Å². The Morgan fingerprint density at radius 1 is 1.04 bits per heavy atom. The third-order valence-corrected chi connectivity index (χ3v) is 5.68. The molecule has 0 aromatic heterocycles. The van der Waals surface area contributed by atoms with Gasteiger partial charge >= 0.3 is 5.97 Å². The lowest BCUT2D eigenvalue weighted by Gasteiger charge is -2.16. The van der Waals surface area contributed by atoms with Crippen LogP contribution in [-0.2, 0) is 19.4 Å². The van der Waals surface area contributed by atoms with E-state index < -0.39 is 21.9 Å². The fourth-order valence-electron chi connectivity index (χ4n) is 2.60. The van der Waals surface area contributed by atoms with Gasteiger partial charge < -0.3 is 14.9 Å². The van der Waals surface area contributed by atoms with Crippen molar-refractivity contribution in [1.82, 2.24) is 0 Å². The van der Waals surface area contributed by atoms with Gasteiger partial charge in [0.2, 0.25) is 0 Å². The lowest BCUT2D eigenvalue weighted by molar-refractivity contribution is -0.137. The summed E-state index contributed by atoms with van der Waals surface area (Å²) < 4.78 is 29.0. The highest BCUT2D eigenvalue weighted by Gasteiger charge is 2.20. The van der Waals surface area contributed by atoms with Crippen LogP contribution < -0.4 is 0 Å². The van der Waals surface area contributed by atoms with E-state index in [1.54, 1.807) is 0 Å². The van der Waals surface area contributed by atoms with E-state index in [9.17, 15) is 18.3 Å². The molecule has 7 heteroatoms. The molecule has 0 fully saturated rings. The molecule has 0 aliphatic carbocycles. The van der Waals surface area contributed by atoms with Crippen molar-refractivity contribution in [1.29, 1.82) is 0 Å². The minimum atomic E-state index is -3.10. The number of hydrogen-bond donors (Lipinski definition) is 2. The van der Waals surface area contributed by atoms with E-state index in [-0.39, 0.29) is 11.7 Å². The van der Waals surface area contributed by atoms with Gasteiger partial charge in [-0.1, -0.05) is 26.2 Å². The number of carboxylic acids is 1. The Hall–Kier alpha value is -0.660. The number of sulfone groups is 1. The molecule has 0 saturated carbocycles. The SMILES string of the molecule is CCCOCC(O)CCCC(CCCCCCC(=O)O)S(C)(=O)=O. The Labute approximate surface area is 146 Å². The third-order valence-electron chi connectivity index (χ3n) is 3.99. The molecule has 0 amide bonds.